The second-order valence-electron chi connectivity index (χ2n) is 4.91. The van der Waals surface area contributed by atoms with Gasteiger partial charge >= 0.3 is 0 Å². The van der Waals surface area contributed by atoms with Gasteiger partial charge in [0, 0.05) is 6.54 Å². The molecule has 0 bridgehead atoms. The summed E-state index contributed by atoms with van der Waals surface area (Å²) in [5.41, 5.74) is 2.05. The van der Waals surface area contributed by atoms with Crippen LogP contribution in [-0.2, 0) is 6.54 Å². The van der Waals surface area contributed by atoms with Crippen LogP contribution in [0.1, 0.15) is 56.3 Å². The van der Waals surface area contributed by atoms with E-state index in [9.17, 15) is 0 Å². The number of nitrogens with zero attached hydrogens (tertiary/aromatic N) is 2. The van der Waals surface area contributed by atoms with Crippen molar-refractivity contribution in [1.29, 1.82) is 0 Å². The molecule has 0 amide bonds. The second kappa shape index (κ2) is 8.87. The highest BCUT2D eigenvalue weighted by Crippen LogP contribution is 2.19. The van der Waals surface area contributed by atoms with Gasteiger partial charge in [0.1, 0.15) is 0 Å². The SMILES string of the molecule is Cc1nn(CCCCCCCCCS)c(C)c1Cl. The van der Waals surface area contributed by atoms with Gasteiger partial charge < -0.3 is 0 Å². The largest absolute Gasteiger partial charge is 0.268 e. The molecule has 0 aliphatic rings. The number of aryl methyl sites for hydroxylation is 2. The normalized spacial score (nSPS) is 11.1. The molecule has 1 rings (SSSR count). The van der Waals surface area contributed by atoms with Crippen LogP contribution in [0.5, 0.6) is 0 Å². The van der Waals surface area contributed by atoms with Gasteiger partial charge in [0.15, 0.2) is 0 Å². The van der Waals surface area contributed by atoms with Gasteiger partial charge in [0.2, 0.25) is 0 Å². The van der Waals surface area contributed by atoms with Gasteiger partial charge in [-0.3, -0.25) is 4.68 Å². The summed E-state index contributed by atoms with van der Waals surface area (Å²) in [6.45, 7) is 5.00. The first kappa shape index (κ1) is 15.9. The molecule has 2 nitrogen and oxygen atoms in total. The zero-order valence-corrected chi connectivity index (χ0v) is 13.2. The molecular weight excluding hydrogens is 264 g/mol. The standard InChI is InChI=1S/C14H25ClN2S/c1-12-14(15)13(2)17(16-12)10-8-6-4-3-5-7-9-11-18/h18H,3-11H2,1-2H3. The zero-order chi connectivity index (χ0) is 13.4. The summed E-state index contributed by atoms with van der Waals surface area (Å²) >= 11 is 10.3. The number of hydrogen-bond donors (Lipinski definition) is 1. The molecule has 0 saturated heterocycles. The van der Waals surface area contributed by atoms with Gasteiger partial charge in [-0.2, -0.15) is 17.7 Å². The number of rotatable bonds is 9. The number of hydrogen-bond acceptors (Lipinski definition) is 2. The minimum atomic E-state index is 0.821. The molecular formula is C14H25ClN2S. The smallest absolute Gasteiger partial charge is 0.0844 e. The Morgan fingerprint density at radius 3 is 2.06 bits per heavy atom. The summed E-state index contributed by atoms with van der Waals surface area (Å²) in [7, 11) is 0. The van der Waals surface area contributed by atoms with E-state index in [2.05, 4.69) is 17.7 Å². The Bertz CT molecular complexity index is 350. The van der Waals surface area contributed by atoms with Crippen molar-refractivity contribution in [2.24, 2.45) is 0 Å². The molecule has 0 radical (unpaired) electrons. The van der Waals surface area contributed by atoms with E-state index in [0.29, 0.717) is 0 Å². The molecule has 0 saturated carbocycles. The maximum absolute atomic E-state index is 6.12. The Kier molecular flexibility index (Phi) is 7.84. The third-order valence-corrected chi connectivity index (χ3v) is 4.18. The Hall–Kier alpha value is -0.150. The van der Waals surface area contributed by atoms with Crippen molar-refractivity contribution >= 4 is 24.2 Å². The molecule has 0 aliphatic carbocycles. The first-order valence-corrected chi connectivity index (χ1v) is 7.98. The minimum absolute atomic E-state index is 0.821. The zero-order valence-electron chi connectivity index (χ0n) is 11.6. The molecule has 104 valence electrons. The lowest BCUT2D eigenvalue weighted by Gasteiger charge is -2.04. The van der Waals surface area contributed by atoms with Crippen molar-refractivity contribution in [3.8, 4) is 0 Å². The van der Waals surface area contributed by atoms with Crippen LogP contribution in [0.25, 0.3) is 0 Å². The van der Waals surface area contributed by atoms with Crippen LogP contribution in [0.2, 0.25) is 5.02 Å². The molecule has 4 heteroatoms. The Balaban J connectivity index is 2.09. The maximum Gasteiger partial charge on any atom is 0.0844 e. The predicted molar refractivity (Wildman–Crippen MR) is 82.9 cm³/mol. The van der Waals surface area contributed by atoms with Crippen LogP contribution in [0, 0.1) is 13.8 Å². The topological polar surface area (TPSA) is 17.8 Å². The van der Waals surface area contributed by atoms with E-state index in [1.54, 1.807) is 0 Å². The van der Waals surface area contributed by atoms with Crippen LogP contribution in [-0.4, -0.2) is 15.5 Å². The quantitative estimate of drug-likeness (QED) is 0.510. The fraction of sp³-hybridized carbons (Fsp3) is 0.786. The molecule has 1 heterocycles. The lowest BCUT2D eigenvalue weighted by Crippen LogP contribution is -2.02. The summed E-state index contributed by atoms with van der Waals surface area (Å²) in [6, 6.07) is 0. The van der Waals surface area contributed by atoms with Gasteiger partial charge in [-0.15, -0.1) is 0 Å². The van der Waals surface area contributed by atoms with Crippen LogP contribution in [0.15, 0.2) is 0 Å². The maximum atomic E-state index is 6.12. The fourth-order valence-electron chi connectivity index (χ4n) is 2.15. The predicted octanol–water partition coefficient (Wildman–Crippen LogP) is 4.81. The van der Waals surface area contributed by atoms with E-state index >= 15 is 0 Å². The van der Waals surface area contributed by atoms with Gasteiger partial charge in [-0.05, 0) is 32.4 Å². The lowest BCUT2D eigenvalue weighted by molar-refractivity contribution is 0.515. The average molecular weight is 289 g/mol. The molecule has 0 aromatic carbocycles. The molecule has 1 aromatic rings. The first-order chi connectivity index (χ1) is 8.66. The number of halogens is 1. The summed E-state index contributed by atoms with van der Waals surface area (Å²) in [6.07, 6.45) is 9.11. The monoisotopic (exact) mass is 288 g/mol. The molecule has 0 N–H and O–H groups in total. The molecule has 0 atom stereocenters. The number of thiol groups is 1. The van der Waals surface area contributed by atoms with Gasteiger partial charge in [0.05, 0.1) is 16.4 Å². The Labute approximate surface area is 122 Å². The van der Waals surface area contributed by atoms with E-state index in [1.807, 2.05) is 18.5 Å². The van der Waals surface area contributed by atoms with Crippen molar-refractivity contribution in [1.82, 2.24) is 9.78 Å². The van der Waals surface area contributed by atoms with E-state index in [-0.39, 0.29) is 0 Å². The third kappa shape index (κ3) is 5.23. The Morgan fingerprint density at radius 1 is 1.00 bits per heavy atom. The van der Waals surface area contributed by atoms with Gasteiger partial charge in [-0.25, -0.2) is 0 Å². The van der Waals surface area contributed by atoms with Crippen molar-refractivity contribution in [2.75, 3.05) is 5.75 Å². The number of aromatic nitrogens is 2. The summed E-state index contributed by atoms with van der Waals surface area (Å²) in [5, 5.41) is 5.27. The van der Waals surface area contributed by atoms with Crippen LogP contribution in [0.3, 0.4) is 0 Å². The fourth-order valence-corrected chi connectivity index (χ4v) is 2.51. The molecule has 0 unspecified atom stereocenters. The van der Waals surface area contributed by atoms with E-state index < -0.39 is 0 Å². The highest BCUT2D eigenvalue weighted by molar-refractivity contribution is 7.80. The van der Waals surface area contributed by atoms with Crippen molar-refractivity contribution in [2.45, 2.75) is 65.3 Å². The van der Waals surface area contributed by atoms with Crippen LogP contribution < -0.4 is 0 Å². The van der Waals surface area contributed by atoms with Gasteiger partial charge in [-0.1, -0.05) is 43.7 Å². The minimum Gasteiger partial charge on any atom is -0.268 e. The van der Waals surface area contributed by atoms with E-state index in [0.717, 1.165) is 28.7 Å². The first-order valence-electron chi connectivity index (χ1n) is 6.97. The van der Waals surface area contributed by atoms with E-state index in [1.165, 1.54) is 44.9 Å². The summed E-state index contributed by atoms with van der Waals surface area (Å²) < 4.78 is 2.04. The third-order valence-electron chi connectivity index (χ3n) is 3.32. The average Bonchev–Trinajstić information content (AvgIpc) is 2.60. The number of unbranched alkanes of at least 4 members (excludes halogenated alkanes) is 6. The summed E-state index contributed by atoms with van der Waals surface area (Å²) in [4.78, 5) is 0. The second-order valence-corrected chi connectivity index (χ2v) is 5.73. The Morgan fingerprint density at radius 2 is 1.56 bits per heavy atom. The van der Waals surface area contributed by atoms with Crippen molar-refractivity contribution < 1.29 is 0 Å². The highest BCUT2D eigenvalue weighted by Gasteiger charge is 2.07. The van der Waals surface area contributed by atoms with Crippen molar-refractivity contribution in [3.05, 3.63) is 16.4 Å². The molecule has 0 fully saturated rings. The van der Waals surface area contributed by atoms with E-state index in [4.69, 9.17) is 11.6 Å². The molecule has 18 heavy (non-hydrogen) atoms. The van der Waals surface area contributed by atoms with Crippen LogP contribution in [0.4, 0.5) is 0 Å². The molecule has 1 aromatic heterocycles. The molecule has 0 spiro atoms. The lowest BCUT2D eigenvalue weighted by atomic mass is 10.1. The molecule has 0 aliphatic heterocycles. The summed E-state index contributed by atoms with van der Waals surface area (Å²) in [5.74, 6) is 1.03. The van der Waals surface area contributed by atoms with Crippen LogP contribution >= 0.6 is 24.2 Å². The van der Waals surface area contributed by atoms with Crippen molar-refractivity contribution in [3.63, 3.8) is 0 Å². The van der Waals surface area contributed by atoms with Gasteiger partial charge in [0.25, 0.3) is 0 Å². The highest BCUT2D eigenvalue weighted by atomic mass is 35.5.